The minimum atomic E-state index is -3.47. The van der Waals surface area contributed by atoms with Crippen LogP contribution in [0.2, 0.25) is 0 Å². The summed E-state index contributed by atoms with van der Waals surface area (Å²) in [6, 6.07) is 12.0. The lowest BCUT2D eigenvalue weighted by atomic mass is 10.0. The average Bonchev–Trinajstić information content (AvgIpc) is 2.69. The summed E-state index contributed by atoms with van der Waals surface area (Å²) >= 11 is 0. The van der Waals surface area contributed by atoms with Crippen LogP contribution in [-0.2, 0) is 14.8 Å². The molecule has 0 aliphatic carbocycles. The van der Waals surface area contributed by atoms with E-state index in [1.165, 1.54) is 16.4 Å². The summed E-state index contributed by atoms with van der Waals surface area (Å²) < 4.78 is 45.4. The van der Waals surface area contributed by atoms with Crippen LogP contribution in [-0.4, -0.2) is 57.2 Å². The number of hydrogen-bond acceptors (Lipinski definition) is 4. The molecule has 6 nitrogen and oxygen atoms in total. The first-order chi connectivity index (χ1) is 13.4. The Morgan fingerprint density at radius 1 is 1.11 bits per heavy atom. The van der Waals surface area contributed by atoms with E-state index in [1.807, 2.05) is 31.2 Å². The lowest BCUT2D eigenvalue weighted by Crippen LogP contribution is -2.43. The average molecular weight is 406 g/mol. The van der Waals surface area contributed by atoms with Gasteiger partial charge in [-0.3, -0.25) is 4.79 Å². The molecular formula is C20H23FN2O4S. The zero-order valence-electron chi connectivity index (χ0n) is 15.7. The molecule has 0 bridgehead atoms. The van der Waals surface area contributed by atoms with Gasteiger partial charge in [-0.15, -0.1) is 0 Å². The lowest BCUT2D eigenvalue weighted by Gasteiger charge is -2.26. The summed E-state index contributed by atoms with van der Waals surface area (Å²) in [6.07, 6.45) is 0. The molecule has 1 saturated heterocycles. The summed E-state index contributed by atoms with van der Waals surface area (Å²) in [7, 11) is -3.47. The molecule has 0 saturated carbocycles. The molecule has 8 heteroatoms. The second kappa shape index (κ2) is 8.81. The van der Waals surface area contributed by atoms with Crippen molar-refractivity contribution in [3.05, 3.63) is 59.4 Å². The number of morpholine rings is 1. The number of rotatable bonds is 6. The number of carbonyl (C=O) groups excluding carboxylic acids is 1. The summed E-state index contributed by atoms with van der Waals surface area (Å²) in [5.41, 5.74) is 2.52. The number of hydrogen-bond donors (Lipinski definition) is 1. The van der Waals surface area contributed by atoms with E-state index in [1.54, 1.807) is 6.07 Å². The molecule has 3 rings (SSSR count). The first kappa shape index (κ1) is 20.4. The van der Waals surface area contributed by atoms with E-state index in [2.05, 4.69) is 5.32 Å². The molecule has 1 aliphatic rings. The Labute approximate surface area is 164 Å². The topological polar surface area (TPSA) is 75.7 Å². The van der Waals surface area contributed by atoms with Crippen LogP contribution >= 0.6 is 0 Å². The van der Waals surface area contributed by atoms with Gasteiger partial charge in [0.2, 0.25) is 10.0 Å². The molecule has 1 N–H and O–H groups in total. The fourth-order valence-electron chi connectivity index (χ4n) is 2.97. The first-order valence-electron chi connectivity index (χ1n) is 9.07. The van der Waals surface area contributed by atoms with Crippen LogP contribution in [0.1, 0.15) is 15.9 Å². The van der Waals surface area contributed by atoms with E-state index in [0.717, 1.165) is 11.1 Å². The number of nitrogens with one attached hydrogen (secondary N) is 1. The van der Waals surface area contributed by atoms with E-state index in [0.29, 0.717) is 31.9 Å². The van der Waals surface area contributed by atoms with Gasteiger partial charge >= 0.3 is 0 Å². The summed E-state index contributed by atoms with van der Waals surface area (Å²) in [5, 5.41) is 2.49. The Kier molecular flexibility index (Phi) is 6.43. The molecular weight excluding hydrogens is 383 g/mol. The maximum atomic E-state index is 14.4. The Morgan fingerprint density at radius 2 is 1.75 bits per heavy atom. The molecule has 0 atom stereocenters. The summed E-state index contributed by atoms with van der Waals surface area (Å²) in [6.45, 7) is 3.24. The number of carbonyl (C=O) groups is 1. The molecule has 28 heavy (non-hydrogen) atoms. The molecule has 150 valence electrons. The van der Waals surface area contributed by atoms with Crippen LogP contribution in [0.15, 0.2) is 42.5 Å². The van der Waals surface area contributed by atoms with Crippen molar-refractivity contribution in [1.82, 2.24) is 9.62 Å². The zero-order chi connectivity index (χ0) is 20.1. The van der Waals surface area contributed by atoms with Gasteiger partial charge in [-0.2, -0.15) is 4.31 Å². The highest BCUT2D eigenvalue weighted by Gasteiger charge is 2.24. The van der Waals surface area contributed by atoms with Crippen molar-refractivity contribution in [2.24, 2.45) is 0 Å². The van der Waals surface area contributed by atoms with Crippen molar-refractivity contribution in [2.45, 2.75) is 6.92 Å². The molecule has 0 unspecified atom stereocenters. The van der Waals surface area contributed by atoms with Crippen molar-refractivity contribution < 1.29 is 22.3 Å². The third-order valence-electron chi connectivity index (χ3n) is 4.61. The Hall–Kier alpha value is -2.29. The quantitative estimate of drug-likeness (QED) is 0.798. The van der Waals surface area contributed by atoms with E-state index in [-0.39, 0.29) is 17.9 Å². The van der Waals surface area contributed by atoms with Crippen molar-refractivity contribution in [3.63, 3.8) is 0 Å². The third-order valence-corrected chi connectivity index (χ3v) is 6.48. The molecule has 0 aromatic heterocycles. The second-order valence-corrected chi connectivity index (χ2v) is 8.73. The number of ether oxygens (including phenoxy) is 1. The maximum absolute atomic E-state index is 14.4. The third kappa shape index (κ3) is 4.95. The predicted molar refractivity (Wildman–Crippen MR) is 105 cm³/mol. The largest absolute Gasteiger partial charge is 0.379 e. The smallest absolute Gasteiger partial charge is 0.254 e. The van der Waals surface area contributed by atoms with Gasteiger partial charge in [0.05, 0.1) is 24.5 Å². The van der Waals surface area contributed by atoms with Crippen LogP contribution in [0.5, 0.6) is 0 Å². The summed E-state index contributed by atoms with van der Waals surface area (Å²) in [4.78, 5) is 12.2. The number of amides is 1. The molecule has 1 amide bonds. The van der Waals surface area contributed by atoms with Gasteiger partial charge in [0.1, 0.15) is 5.82 Å². The second-order valence-electron chi connectivity index (χ2n) is 6.64. The van der Waals surface area contributed by atoms with E-state index < -0.39 is 21.7 Å². The minimum absolute atomic E-state index is 0.0856. The first-order valence-corrected chi connectivity index (χ1v) is 10.7. The van der Waals surface area contributed by atoms with Crippen LogP contribution in [0, 0.1) is 12.7 Å². The molecule has 1 fully saturated rings. The van der Waals surface area contributed by atoms with Crippen molar-refractivity contribution >= 4 is 15.9 Å². The van der Waals surface area contributed by atoms with Crippen LogP contribution in [0.3, 0.4) is 0 Å². The van der Waals surface area contributed by atoms with Gasteiger partial charge in [0.15, 0.2) is 0 Å². The number of benzene rings is 2. The van der Waals surface area contributed by atoms with Gasteiger partial charge in [-0.25, -0.2) is 12.8 Å². The van der Waals surface area contributed by atoms with Gasteiger partial charge in [-0.1, -0.05) is 35.9 Å². The standard InChI is InChI=1S/C20H23FN2O4S/c1-15-2-4-16(5-3-15)17-6-7-18(19(21)14-17)20(24)22-8-13-28(25,26)23-9-11-27-12-10-23/h2-7,14H,8-13H2,1H3,(H,22,24). The molecule has 0 radical (unpaired) electrons. The summed E-state index contributed by atoms with van der Waals surface area (Å²) in [5.74, 6) is -1.52. The zero-order valence-corrected chi connectivity index (χ0v) is 16.5. The lowest BCUT2D eigenvalue weighted by molar-refractivity contribution is 0.0730. The minimum Gasteiger partial charge on any atom is -0.379 e. The molecule has 1 heterocycles. The Bertz CT molecular complexity index is 939. The highest BCUT2D eigenvalue weighted by atomic mass is 32.2. The van der Waals surface area contributed by atoms with E-state index in [4.69, 9.17) is 4.74 Å². The maximum Gasteiger partial charge on any atom is 0.254 e. The monoisotopic (exact) mass is 406 g/mol. The molecule has 1 aliphatic heterocycles. The van der Waals surface area contributed by atoms with Gasteiger partial charge < -0.3 is 10.1 Å². The highest BCUT2D eigenvalue weighted by Crippen LogP contribution is 2.22. The van der Waals surface area contributed by atoms with Crippen molar-refractivity contribution in [2.75, 3.05) is 38.6 Å². The number of nitrogens with zero attached hydrogens (tertiary/aromatic N) is 1. The fourth-order valence-corrected chi connectivity index (χ4v) is 4.29. The number of aryl methyl sites for hydroxylation is 1. The fraction of sp³-hybridized carbons (Fsp3) is 0.350. The molecule has 0 spiro atoms. The van der Waals surface area contributed by atoms with Crippen LogP contribution < -0.4 is 5.32 Å². The van der Waals surface area contributed by atoms with Crippen LogP contribution in [0.25, 0.3) is 11.1 Å². The normalized spacial score (nSPS) is 15.4. The molecule has 2 aromatic rings. The Morgan fingerprint density at radius 3 is 2.39 bits per heavy atom. The molecule has 2 aromatic carbocycles. The van der Waals surface area contributed by atoms with E-state index >= 15 is 0 Å². The van der Waals surface area contributed by atoms with Crippen LogP contribution in [0.4, 0.5) is 4.39 Å². The Balaban J connectivity index is 1.60. The van der Waals surface area contributed by atoms with Gasteiger partial charge in [0, 0.05) is 19.6 Å². The van der Waals surface area contributed by atoms with E-state index in [9.17, 15) is 17.6 Å². The van der Waals surface area contributed by atoms with Crippen molar-refractivity contribution in [1.29, 1.82) is 0 Å². The SMILES string of the molecule is Cc1ccc(-c2ccc(C(=O)NCCS(=O)(=O)N3CCOCC3)c(F)c2)cc1. The number of halogens is 1. The van der Waals surface area contributed by atoms with Crippen molar-refractivity contribution in [3.8, 4) is 11.1 Å². The highest BCUT2D eigenvalue weighted by molar-refractivity contribution is 7.89. The van der Waals surface area contributed by atoms with Gasteiger partial charge in [-0.05, 0) is 30.2 Å². The number of sulfonamides is 1. The predicted octanol–water partition coefficient (Wildman–Crippen LogP) is 2.19. The van der Waals surface area contributed by atoms with Gasteiger partial charge in [0.25, 0.3) is 5.91 Å².